The molecule has 0 fully saturated rings. The van der Waals surface area contributed by atoms with Gasteiger partial charge in [-0.25, -0.2) is 4.98 Å². The van der Waals surface area contributed by atoms with Crippen molar-refractivity contribution in [3.05, 3.63) is 67.0 Å². The molecule has 0 N–H and O–H groups in total. The van der Waals surface area contributed by atoms with Crippen LogP contribution in [0.1, 0.15) is 0 Å². The third-order valence-corrected chi connectivity index (χ3v) is 2.60. The topological polar surface area (TPSA) is 38.7 Å². The monoisotopic (exact) mass is 394 g/mol. The van der Waals surface area contributed by atoms with Crippen LogP contribution in [0.25, 0.3) is 22.8 Å². The average Bonchev–Trinajstić information content (AvgIpc) is 2.56. The Morgan fingerprint density at radius 2 is 1.00 bits per heavy atom. The van der Waals surface area contributed by atoms with Crippen LogP contribution < -0.4 is 0 Å². The zero-order chi connectivity index (χ0) is 15.8. The quantitative estimate of drug-likeness (QED) is 0.555. The molecule has 3 nitrogen and oxygen atoms in total. The van der Waals surface area contributed by atoms with Gasteiger partial charge in [-0.2, -0.15) is 0 Å². The molecule has 115 valence electrons. The van der Waals surface area contributed by atoms with Gasteiger partial charge in [0.05, 0.1) is 22.8 Å². The van der Waals surface area contributed by atoms with Crippen molar-refractivity contribution < 1.29 is 11.2 Å². The summed E-state index contributed by atoms with van der Waals surface area (Å²) >= 11 is -1.33. The molecule has 0 atom stereocenters. The fraction of sp³-hybridized carbons (Fsp3) is 0. The first-order valence-electron chi connectivity index (χ1n) is 6.13. The molecule has 0 aliphatic heterocycles. The molecule has 0 aromatic carbocycles. The van der Waals surface area contributed by atoms with Gasteiger partial charge in [0.25, 0.3) is 0 Å². The molecule has 0 radical (unpaired) electrons. The van der Waals surface area contributed by atoms with Gasteiger partial charge >= 0.3 is 41.5 Å². The van der Waals surface area contributed by atoms with E-state index in [1.165, 1.54) is 0 Å². The predicted molar refractivity (Wildman–Crippen MR) is 88.3 cm³/mol. The fourth-order valence-corrected chi connectivity index (χ4v) is 1.75. The molecule has 3 aromatic rings. The Morgan fingerprint density at radius 3 is 1.36 bits per heavy atom. The molecule has 0 unspecified atom stereocenters. The predicted octanol–water partition coefficient (Wildman–Crippen LogP) is 5.27. The summed E-state index contributed by atoms with van der Waals surface area (Å²) in [5.41, 5.74) is 3.46. The van der Waals surface area contributed by atoms with Crippen molar-refractivity contribution >= 4 is 30.3 Å². The SMILES string of the molecule is [Cl][Fe]([Cl])[Cl].c1ccc(-c2cccc(-c3ccccn3)n2)nc1. The molecule has 0 saturated carbocycles. The second-order valence-electron chi connectivity index (χ2n) is 3.99. The first-order chi connectivity index (χ1) is 10.7. The molecular formula is C15H11Cl3FeN3. The number of pyridine rings is 3. The molecule has 7 heteroatoms. The minimum absolute atomic E-state index is 0.860. The van der Waals surface area contributed by atoms with E-state index in [1.807, 2.05) is 54.6 Å². The van der Waals surface area contributed by atoms with E-state index in [4.69, 9.17) is 30.3 Å². The van der Waals surface area contributed by atoms with E-state index in [0.29, 0.717) is 0 Å². The third kappa shape index (κ3) is 5.56. The third-order valence-electron chi connectivity index (χ3n) is 2.60. The van der Waals surface area contributed by atoms with Gasteiger partial charge in [0.2, 0.25) is 0 Å². The van der Waals surface area contributed by atoms with Crippen LogP contribution in [-0.4, -0.2) is 15.0 Å². The van der Waals surface area contributed by atoms with Gasteiger partial charge in [-0.1, -0.05) is 18.2 Å². The molecule has 22 heavy (non-hydrogen) atoms. The number of halogens is 3. The molecule has 3 rings (SSSR count). The normalized spacial score (nSPS) is 10.4. The maximum Gasteiger partial charge on any atom is 0.0894 e. The van der Waals surface area contributed by atoms with E-state index in [9.17, 15) is 0 Å². The average molecular weight is 395 g/mol. The summed E-state index contributed by atoms with van der Waals surface area (Å²) in [5, 5.41) is 0. The summed E-state index contributed by atoms with van der Waals surface area (Å²) in [6.07, 6.45) is 3.54. The van der Waals surface area contributed by atoms with Crippen LogP contribution in [0.2, 0.25) is 0 Å². The summed E-state index contributed by atoms with van der Waals surface area (Å²) in [6.45, 7) is 0. The maximum atomic E-state index is 4.89. The van der Waals surface area contributed by atoms with Crippen LogP contribution in [-0.2, 0) is 11.2 Å². The van der Waals surface area contributed by atoms with Crippen molar-refractivity contribution in [2.24, 2.45) is 0 Å². The van der Waals surface area contributed by atoms with Gasteiger partial charge < -0.3 is 0 Å². The summed E-state index contributed by atoms with van der Waals surface area (Å²) in [7, 11) is 14.7. The zero-order valence-electron chi connectivity index (χ0n) is 11.2. The summed E-state index contributed by atoms with van der Waals surface area (Å²) in [4.78, 5) is 13.2. The van der Waals surface area contributed by atoms with Gasteiger partial charge in [-0.3, -0.25) is 9.97 Å². The molecule has 0 aliphatic carbocycles. The molecule has 0 spiro atoms. The number of hydrogen-bond donors (Lipinski definition) is 0. The summed E-state index contributed by atoms with van der Waals surface area (Å²) in [6, 6.07) is 17.5. The standard InChI is InChI=1S/C15H11N3.3ClH.Fe/c1-3-10-16-12(6-1)14-8-5-9-15(18-14)13-7-2-4-11-17-13;;;;/h1-11H;3*1H;/q;;;;+3/p-3. The van der Waals surface area contributed by atoms with Crippen molar-refractivity contribution in [1.82, 2.24) is 15.0 Å². The maximum absolute atomic E-state index is 4.89. The second kappa shape index (κ2) is 9.09. The van der Waals surface area contributed by atoms with Gasteiger partial charge in [-0.05, 0) is 36.4 Å². The van der Waals surface area contributed by atoms with Crippen molar-refractivity contribution in [3.63, 3.8) is 0 Å². The van der Waals surface area contributed by atoms with E-state index in [1.54, 1.807) is 12.4 Å². The molecule has 3 heterocycles. The Morgan fingerprint density at radius 1 is 0.591 bits per heavy atom. The Bertz CT molecular complexity index is 639. The van der Waals surface area contributed by atoms with Crippen molar-refractivity contribution in [3.8, 4) is 22.8 Å². The Kier molecular flexibility index (Phi) is 7.10. The van der Waals surface area contributed by atoms with E-state index in [0.717, 1.165) is 22.8 Å². The van der Waals surface area contributed by atoms with Gasteiger partial charge in [0.1, 0.15) is 0 Å². The smallest absolute Gasteiger partial charge is 0.0894 e. The van der Waals surface area contributed by atoms with E-state index in [2.05, 4.69) is 15.0 Å². The molecule has 3 aromatic heterocycles. The summed E-state index contributed by atoms with van der Waals surface area (Å²) < 4.78 is 0. The van der Waals surface area contributed by atoms with Gasteiger partial charge in [0.15, 0.2) is 0 Å². The van der Waals surface area contributed by atoms with Crippen LogP contribution in [0.3, 0.4) is 0 Å². The van der Waals surface area contributed by atoms with Gasteiger partial charge in [0, 0.05) is 12.4 Å². The largest absolute Gasteiger partial charge is 0.255 e. The van der Waals surface area contributed by atoms with Crippen molar-refractivity contribution in [2.75, 3.05) is 0 Å². The van der Waals surface area contributed by atoms with Gasteiger partial charge in [-0.15, -0.1) is 0 Å². The minimum Gasteiger partial charge on any atom is -0.255 e. The van der Waals surface area contributed by atoms with Crippen LogP contribution in [0.5, 0.6) is 0 Å². The molecule has 0 bridgehead atoms. The Hall–Kier alpha value is -1.16. The van der Waals surface area contributed by atoms with E-state index >= 15 is 0 Å². The minimum atomic E-state index is -1.33. The van der Waals surface area contributed by atoms with E-state index < -0.39 is 11.2 Å². The Labute approximate surface area is 145 Å². The van der Waals surface area contributed by atoms with Crippen LogP contribution >= 0.6 is 30.3 Å². The van der Waals surface area contributed by atoms with Crippen LogP contribution in [0.4, 0.5) is 0 Å². The fourth-order valence-electron chi connectivity index (χ4n) is 1.75. The first-order valence-corrected chi connectivity index (χ1v) is 10.7. The summed E-state index contributed by atoms with van der Waals surface area (Å²) in [5.74, 6) is 0. The molecule has 0 aliphatic rings. The van der Waals surface area contributed by atoms with Crippen molar-refractivity contribution in [1.29, 1.82) is 0 Å². The number of nitrogens with zero attached hydrogens (tertiary/aromatic N) is 3. The zero-order valence-corrected chi connectivity index (χ0v) is 14.6. The van der Waals surface area contributed by atoms with E-state index in [-0.39, 0.29) is 0 Å². The van der Waals surface area contributed by atoms with Crippen molar-refractivity contribution in [2.45, 2.75) is 0 Å². The number of hydrogen-bond acceptors (Lipinski definition) is 3. The number of aromatic nitrogens is 3. The van der Waals surface area contributed by atoms with Crippen LogP contribution in [0, 0.1) is 0 Å². The van der Waals surface area contributed by atoms with Crippen LogP contribution in [0.15, 0.2) is 67.0 Å². The second-order valence-corrected chi connectivity index (χ2v) is 9.46. The molecule has 0 saturated heterocycles. The number of rotatable bonds is 2. The molecular weight excluding hydrogens is 384 g/mol. The Balaban J connectivity index is 0.000000396. The first kappa shape index (κ1) is 17.2. The molecule has 0 amide bonds.